The zero-order valence-electron chi connectivity index (χ0n) is 14.3. The fourth-order valence-electron chi connectivity index (χ4n) is 2.68. The molecule has 0 aliphatic carbocycles. The first-order valence-corrected chi connectivity index (χ1v) is 8.33. The lowest BCUT2D eigenvalue weighted by molar-refractivity contribution is 0.0246. The van der Waals surface area contributed by atoms with E-state index in [-0.39, 0.29) is 6.10 Å². The van der Waals surface area contributed by atoms with Crippen LogP contribution in [0.1, 0.15) is 18.6 Å². The van der Waals surface area contributed by atoms with Crippen LogP contribution in [0.15, 0.2) is 90.6 Å². The lowest BCUT2D eigenvalue weighted by Crippen LogP contribution is -2.12. The molecule has 0 amide bonds. The number of hydroxylamine groups is 1. The highest BCUT2D eigenvalue weighted by atomic mass is 16.7. The summed E-state index contributed by atoms with van der Waals surface area (Å²) in [6.45, 7) is 1.98. The summed E-state index contributed by atoms with van der Waals surface area (Å²) in [5.74, 6) is 2.83. The van der Waals surface area contributed by atoms with Crippen LogP contribution in [0.5, 0.6) is 17.2 Å². The number of nitrogens with one attached hydrogen (secondary N) is 1. The van der Waals surface area contributed by atoms with Crippen molar-refractivity contribution >= 4 is 0 Å². The third-order valence-electron chi connectivity index (χ3n) is 4.04. The van der Waals surface area contributed by atoms with Crippen LogP contribution in [-0.4, -0.2) is 4.98 Å². The van der Waals surface area contributed by atoms with Crippen molar-refractivity contribution in [1.29, 1.82) is 0 Å². The SMILES string of the molecule is CC1=C(Oc2cccnc2)NO[C@H]1c1ccc(Oc2ccccc2)cc1. The molecule has 3 aromatic rings. The van der Waals surface area contributed by atoms with Crippen LogP contribution in [0.3, 0.4) is 0 Å². The highest BCUT2D eigenvalue weighted by Gasteiger charge is 2.26. The topological polar surface area (TPSA) is 52.6 Å². The summed E-state index contributed by atoms with van der Waals surface area (Å²) < 4.78 is 11.6. The van der Waals surface area contributed by atoms with Crippen molar-refractivity contribution in [3.63, 3.8) is 0 Å². The number of para-hydroxylation sites is 1. The third kappa shape index (κ3) is 3.53. The molecule has 1 aromatic heterocycles. The first-order valence-electron chi connectivity index (χ1n) is 8.33. The summed E-state index contributed by atoms with van der Waals surface area (Å²) in [6.07, 6.45) is 3.15. The van der Waals surface area contributed by atoms with Gasteiger partial charge in [0.1, 0.15) is 23.4 Å². The maximum atomic E-state index is 5.82. The molecule has 0 fully saturated rings. The molecule has 1 atom stereocenters. The highest BCUT2D eigenvalue weighted by molar-refractivity contribution is 5.37. The Morgan fingerprint density at radius 1 is 0.846 bits per heavy atom. The maximum absolute atomic E-state index is 5.82. The van der Waals surface area contributed by atoms with Gasteiger partial charge in [-0.1, -0.05) is 30.3 Å². The van der Waals surface area contributed by atoms with Crippen molar-refractivity contribution in [2.45, 2.75) is 13.0 Å². The van der Waals surface area contributed by atoms with Gasteiger partial charge in [-0.25, -0.2) is 5.48 Å². The van der Waals surface area contributed by atoms with Gasteiger partial charge in [0.05, 0.1) is 6.20 Å². The molecule has 0 saturated carbocycles. The molecule has 1 N–H and O–H groups in total. The normalized spacial score (nSPS) is 16.3. The number of hydrogen-bond donors (Lipinski definition) is 1. The number of nitrogens with zero attached hydrogens (tertiary/aromatic N) is 1. The van der Waals surface area contributed by atoms with Crippen LogP contribution in [0.4, 0.5) is 0 Å². The largest absolute Gasteiger partial charge is 0.457 e. The summed E-state index contributed by atoms with van der Waals surface area (Å²) in [7, 11) is 0. The van der Waals surface area contributed by atoms with Crippen LogP contribution in [0, 0.1) is 0 Å². The molecule has 5 heteroatoms. The van der Waals surface area contributed by atoms with E-state index < -0.39 is 0 Å². The van der Waals surface area contributed by atoms with Crippen LogP contribution in [-0.2, 0) is 4.84 Å². The molecule has 1 aliphatic rings. The first-order chi connectivity index (χ1) is 12.8. The zero-order valence-corrected chi connectivity index (χ0v) is 14.3. The van der Waals surface area contributed by atoms with E-state index >= 15 is 0 Å². The summed E-state index contributed by atoms with van der Waals surface area (Å²) in [6, 6.07) is 21.2. The third-order valence-corrected chi connectivity index (χ3v) is 4.04. The predicted molar refractivity (Wildman–Crippen MR) is 97.5 cm³/mol. The van der Waals surface area contributed by atoms with Crippen molar-refractivity contribution < 1.29 is 14.3 Å². The van der Waals surface area contributed by atoms with Gasteiger partial charge in [-0.2, -0.15) is 0 Å². The summed E-state index contributed by atoms with van der Waals surface area (Å²) >= 11 is 0. The Morgan fingerprint density at radius 3 is 2.31 bits per heavy atom. The molecular formula is C21H18N2O3. The molecule has 130 valence electrons. The molecule has 0 saturated heterocycles. The van der Waals surface area contributed by atoms with Crippen molar-refractivity contribution in [2.75, 3.05) is 0 Å². The van der Waals surface area contributed by atoms with E-state index in [2.05, 4.69) is 10.5 Å². The number of hydrogen-bond acceptors (Lipinski definition) is 5. The Morgan fingerprint density at radius 2 is 1.58 bits per heavy atom. The Kier molecular flexibility index (Phi) is 4.53. The van der Waals surface area contributed by atoms with Gasteiger partial charge in [0, 0.05) is 11.8 Å². The Hall–Kier alpha value is -3.31. The first kappa shape index (κ1) is 16.2. The molecule has 2 aromatic carbocycles. The zero-order chi connectivity index (χ0) is 17.8. The summed E-state index contributed by atoms with van der Waals surface area (Å²) in [5.41, 5.74) is 4.83. The van der Waals surface area contributed by atoms with Crippen molar-refractivity contribution in [3.8, 4) is 17.2 Å². The lowest BCUT2D eigenvalue weighted by atomic mass is 10.0. The Balaban J connectivity index is 1.47. The number of ether oxygens (including phenoxy) is 2. The molecule has 26 heavy (non-hydrogen) atoms. The number of pyridine rings is 1. The number of aromatic nitrogens is 1. The molecule has 0 spiro atoms. The molecule has 0 bridgehead atoms. The number of rotatable bonds is 5. The minimum Gasteiger partial charge on any atom is -0.457 e. The molecular weight excluding hydrogens is 328 g/mol. The van der Waals surface area contributed by atoms with Crippen LogP contribution in [0.2, 0.25) is 0 Å². The highest BCUT2D eigenvalue weighted by Crippen LogP contribution is 2.33. The minimum atomic E-state index is -0.215. The van der Waals surface area contributed by atoms with Gasteiger partial charge >= 0.3 is 0 Å². The molecule has 0 radical (unpaired) electrons. The fourth-order valence-corrected chi connectivity index (χ4v) is 2.68. The molecule has 5 nitrogen and oxygen atoms in total. The van der Waals surface area contributed by atoms with E-state index in [0.29, 0.717) is 11.6 Å². The summed E-state index contributed by atoms with van der Waals surface area (Å²) in [4.78, 5) is 9.73. The maximum Gasteiger partial charge on any atom is 0.219 e. The quantitative estimate of drug-likeness (QED) is 0.722. The van der Waals surface area contributed by atoms with E-state index in [1.165, 1.54) is 0 Å². The van der Waals surface area contributed by atoms with Crippen LogP contribution < -0.4 is 15.0 Å². The average molecular weight is 346 g/mol. The van der Waals surface area contributed by atoms with E-state index in [4.69, 9.17) is 14.3 Å². The molecule has 4 rings (SSSR count). The predicted octanol–water partition coefficient (Wildman–Crippen LogP) is 4.76. The number of benzene rings is 2. The van der Waals surface area contributed by atoms with Gasteiger partial charge in [0.25, 0.3) is 0 Å². The van der Waals surface area contributed by atoms with Gasteiger partial charge < -0.3 is 9.47 Å². The fraction of sp³-hybridized carbons (Fsp3) is 0.0952. The van der Waals surface area contributed by atoms with Gasteiger partial charge in [-0.3, -0.25) is 9.82 Å². The molecule has 0 unspecified atom stereocenters. The minimum absolute atomic E-state index is 0.215. The molecule has 1 aliphatic heterocycles. The van der Waals surface area contributed by atoms with Gasteiger partial charge in [0.2, 0.25) is 5.88 Å². The Bertz CT molecular complexity index is 894. The second-order valence-electron chi connectivity index (χ2n) is 5.89. The van der Waals surface area contributed by atoms with Crippen molar-refractivity contribution in [3.05, 3.63) is 96.1 Å². The van der Waals surface area contributed by atoms with Gasteiger partial charge in [-0.15, -0.1) is 0 Å². The average Bonchev–Trinajstić information content (AvgIpc) is 3.05. The second-order valence-corrected chi connectivity index (χ2v) is 5.89. The standard InChI is InChI=1S/C21H18N2O3/c1-15-20(26-23-21(15)25-19-8-5-13-22-14-19)16-9-11-18(12-10-16)24-17-6-3-2-4-7-17/h2-14,20,23H,1H3/t20-/m1/s1. The van der Waals surface area contributed by atoms with Gasteiger partial charge in [-0.05, 0) is 48.9 Å². The van der Waals surface area contributed by atoms with Crippen LogP contribution >= 0.6 is 0 Å². The molecule has 2 heterocycles. The van der Waals surface area contributed by atoms with Crippen molar-refractivity contribution in [2.24, 2.45) is 0 Å². The lowest BCUT2D eigenvalue weighted by Gasteiger charge is -2.11. The monoisotopic (exact) mass is 346 g/mol. The summed E-state index contributed by atoms with van der Waals surface area (Å²) in [5, 5.41) is 0. The van der Waals surface area contributed by atoms with E-state index in [1.807, 2.05) is 73.7 Å². The van der Waals surface area contributed by atoms with E-state index in [0.717, 1.165) is 22.6 Å². The second kappa shape index (κ2) is 7.29. The van der Waals surface area contributed by atoms with E-state index in [1.54, 1.807) is 12.4 Å². The van der Waals surface area contributed by atoms with E-state index in [9.17, 15) is 0 Å². The van der Waals surface area contributed by atoms with Crippen molar-refractivity contribution in [1.82, 2.24) is 10.5 Å². The van der Waals surface area contributed by atoms with Crippen LogP contribution in [0.25, 0.3) is 0 Å². The van der Waals surface area contributed by atoms with Gasteiger partial charge in [0.15, 0.2) is 0 Å². The Labute approximate surface area is 151 Å². The smallest absolute Gasteiger partial charge is 0.219 e.